The third-order valence-electron chi connectivity index (χ3n) is 2.86. The molecule has 0 amide bonds. The fraction of sp³-hybridized carbons (Fsp3) is 0.286. The maximum Gasteiger partial charge on any atom is 0.387 e. The molecule has 0 unspecified atom stereocenters. The minimum atomic E-state index is -2.78. The Balaban J connectivity index is 1.97. The van der Waals surface area contributed by atoms with Crippen molar-refractivity contribution in [2.24, 2.45) is 0 Å². The van der Waals surface area contributed by atoms with Gasteiger partial charge in [-0.25, -0.2) is 0 Å². The van der Waals surface area contributed by atoms with Crippen molar-refractivity contribution in [3.05, 3.63) is 53.3 Å². The lowest BCUT2D eigenvalue weighted by atomic mass is 10.2. The maximum absolute atomic E-state index is 12.0. The SMILES string of the molecule is Cc1ccc(C)n1NCc1ccc(OC(F)F)cc1. The number of nitrogens with one attached hydrogen (secondary N) is 1. The molecule has 0 saturated carbocycles. The molecule has 0 aliphatic rings. The molecule has 0 saturated heterocycles. The smallest absolute Gasteiger partial charge is 0.387 e. The summed E-state index contributed by atoms with van der Waals surface area (Å²) in [5.74, 6) is 0.173. The molecule has 19 heavy (non-hydrogen) atoms. The molecule has 1 N–H and O–H groups in total. The monoisotopic (exact) mass is 266 g/mol. The van der Waals surface area contributed by atoms with Crippen molar-refractivity contribution in [1.82, 2.24) is 4.68 Å². The van der Waals surface area contributed by atoms with E-state index >= 15 is 0 Å². The van der Waals surface area contributed by atoms with Gasteiger partial charge >= 0.3 is 6.61 Å². The van der Waals surface area contributed by atoms with Gasteiger partial charge < -0.3 is 10.2 Å². The van der Waals surface area contributed by atoms with Crippen molar-refractivity contribution in [2.45, 2.75) is 27.0 Å². The van der Waals surface area contributed by atoms with Gasteiger partial charge in [-0.1, -0.05) is 12.1 Å². The molecule has 0 aliphatic heterocycles. The van der Waals surface area contributed by atoms with E-state index in [9.17, 15) is 8.78 Å². The lowest BCUT2D eigenvalue weighted by Gasteiger charge is -2.13. The van der Waals surface area contributed by atoms with Gasteiger partial charge in [-0.2, -0.15) is 8.78 Å². The van der Waals surface area contributed by atoms with E-state index < -0.39 is 6.61 Å². The van der Waals surface area contributed by atoms with Crippen LogP contribution in [0.25, 0.3) is 0 Å². The summed E-state index contributed by atoms with van der Waals surface area (Å²) in [5.41, 5.74) is 6.50. The van der Waals surface area contributed by atoms with Crippen molar-refractivity contribution >= 4 is 0 Å². The number of aromatic nitrogens is 1. The van der Waals surface area contributed by atoms with E-state index in [1.807, 2.05) is 30.7 Å². The highest BCUT2D eigenvalue weighted by Crippen LogP contribution is 2.15. The van der Waals surface area contributed by atoms with Gasteiger partial charge in [-0.15, -0.1) is 0 Å². The summed E-state index contributed by atoms with van der Waals surface area (Å²) < 4.78 is 30.3. The molecule has 3 nitrogen and oxygen atoms in total. The van der Waals surface area contributed by atoms with Crippen LogP contribution in [0.15, 0.2) is 36.4 Å². The largest absolute Gasteiger partial charge is 0.435 e. The van der Waals surface area contributed by atoms with Crippen LogP contribution in [0, 0.1) is 13.8 Å². The van der Waals surface area contributed by atoms with Crippen LogP contribution in [-0.4, -0.2) is 11.3 Å². The van der Waals surface area contributed by atoms with Crippen LogP contribution in [0.4, 0.5) is 8.78 Å². The molecule has 1 heterocycles. The van der Waals surface area contributed by atoms with E-state index in [0.717, 1.165) is 17.0 Å². The van der Waals surface area contributed by atoms with Gasteiger partial charge in [-0.05, 0) is 43.7 Å². The first kappa shape index (κ1) is 13.4. The van der Waals surface area contributed by atoms with Crippen molar-refractivity contribution in [3.63, 3.8) is 0 Å². The molecule has 102 valence electrons. The second-order valence-electron chi connectivity index (χ2n) is 4.31. The Morgan fingerprint density at radius 3 is 2.16 bits per heavy atom. The highest BCUT2D eigenvalue weighted by atomic mass is 19.3. The second-order valence-corrected chi connectivity index (χ2v) is 4.31. The summed E-state index contributed by atoms with van der Waals surface area (Å²) >= 11 is 0. The minimum absolute atomic E-state index is 0.173. The summed E-state index contributed by atoms with van der Waals surface area (Å²) in [7, 11) is 0. The molecule has 0 spiro atoms. The third-order valence-corrected chi connectivity index (χ3v) is 2.86. The molecule has 0 fully saturated rings. The number of alkyl halides is 2. The average molecular weight is 266 g/mol. The molecule has 2 aromatic rings. The Morgan fingerprint density at radius 1 is 1.05 bits per heavy atom. The van der Waals surface area contributed by atoms with E-state index in [1.54, 1.807) is 24.3 Å². The molecular formula is C14H16F2N2O. The Kier molecular flexibility index (Phi) is 4.04. The van der Waals surface area contributed by atoms with Crippen molar-refractivity contribution in [2.75, 3.05) is 5.43 Å². The lowest BCUT2D eigenvalue weighted by molar-refractivity contribution is -0.0498. The number of nitrogens with zero attached hydrogens (tertiary/aromatic N) is 1. The molecule has 0 atom stereocenters. The first-order valence-electron chi connectivity index (χ1n) is 5.99. The second kappa shape index (κ2) is 5.73. The fourth-order valence-corrected chi connectivity index (χ4v) is 1.88. The van der Waals surface area contributed by atoms with E-state index in [-0.39, 0.29) is 5.75 Å². The fourth-order valence-electron chi connectivity index (χ4n) is 1.88. The molecule has 0 bridgehead atoms. The molecule has 1 aromatic heterocycles. The van der Waals surface area contributed by atoms with E-state index in [1.165, 1.54) is 0 Å². The van der Waals surface area contributed by atoms with Crippen LogP contribution < -0.4 is 10.2 Å². The zero-order valence-corrected chi connectivity index (χ0v) is 10.9. The number of benzene rings is 1. The average Bonchev–Trinajstić information content (AvgIpc) is 2.68. The topological polar surface area (TPSA) is 26.2 Å². The summed E-state index contributed by atoms with van der Waals surface area (Å²) in [6.45, 7) is 1.86. The molecule has 5 heteroatoms. The van der Waals surface area contributed by atoms with Crippen LogP contribution in [0.2, 0.25) is 0 Å². The highest BCUT2D eigenvalue weighted by molar-refractivity contribution is 5.28. The quantitative estimate of drug-likeness (QED) is 0.897. The maximum atomic E-state index is 12.0. The number of ether oxygens (including phenoxy) is 1. The summed E-state index contributed by atoms with van der Waals surface area (Å²) in [4.78, 5) is 0. The van der Waals surface area contributed by atoms with Gasteiger partial charge in [0.05, 0.1) is 6.54 Å². The Bertz CT molecular complexity index is 515. The Labute approximate surface area is 110 Å². The van der Waals surface area contributed by atoms with Crippen molar-refractivity contribution in [1.29, 1.82) is 0 Å². The predicted octanol–water partition coefficient (Wildman–Crippen LogP) is 3.45. The van der Waals surface area contributed by atoms with Crippen LogP contribution in [0.5, 0.6) is 5.75 Å². The summed E-state index contributed by atoms with van der Waals surface area (Å²) in [5, 5.41) is 0. The molecular weight excluding hydrogens is 250 g/mol. The standard InChI is InChI=1S/C14H16F2N2O/c1-10-3-4-11(2)18(10)17-9-12-5-7-13(8-6-12)19-14(15)16/h3-8,14,17H,9H2,1-2H3. The number of rotatable bonds is 5. The highest BCUT2D eigenvalue weighted by Gasteiger charge is 2.04. The van der Waals surface area contributed by atoms with Crippen LogP contribution in [0.3, 0.4) is 0 Å². The van der Waals surface area contributed by atoms with Crippen molar-refractivity contribution < 1.29 is 13.5 Å². The van der Waals surface area contributed by atoms with Crippen LogP contribution >= 0.6 is 0 Å². The van der Waals surface area contributed by atoms with E-state index in [0.29, 0.717) is 6.54 Å². The number of halogens is 2. The number of hydrogen-bond acceptors (Lipinski definition) is 2. The Morgan fingerprint density at radius 2 is 1.63 bits per heavy atom. The van der Waals surface area contributed by atoms with Crippen LogP contribution in [0.1, 0.15) is 17.0 Å². The third kappa shape index (κ3) is 3.47. The summed E-state index contributed by atoms with van der Waals surface area (Å²) in [6.07, 6.45) is 0. The minimum Gasteiger partial charge on any atom is -0.435 e. The summed E-state index contributed by atoms with van der Waals surface area (Å²) in [6, 6.07) is 10.7. The molecule has 0 aliphatic carbocycles. The van der Waals surface area contributed by atoms with Gasteiger partial charge in [0, 0.05) is 11.4 Å². The first-order chi connectivity index (χ1) is 9.06. The number of aryl methyl sites for hydroxylation is 2. The van der Waals surface area contributed by atoms with Gasteiger partial charge in [0.2, 0.25) is 0 Å². The number of hydrogen-bond donors (Lipinski definition) is 1. The lowest BCUT2D eigenvalue weighted by Crippen LogP contribution is -2.16. The molecule has 1 aromatic carbocycles. The zero-order chi connectivity index (χ0) is 13.8. The first-order valence-corrected chi connectivity index (χ1v) is 5.99. The normalized spacial score (nSPS) is 10.8. The van der Waals surface area contributed by atoms with Gasteiger partial charge in [0.25, 0.3) is 0 Å². The van der Waals surface area contributed by atoms with Gasteiger partial charge in [-0.3, -0.25) is 4.68 Å². The van der Waals surface area contributed by atoms with E-state index in [2.05, 4.69) is 10.2 Å². The van der Waals surface area contributed by atoms with Gasteiger partial charge in [0.1, 0.15) is 5.75 Å². The zero-order valence-electron chi connectivity index (χ0n) is 10.9. The molecule has 2 rings (SSSR count). The van der Waals surface area contributed by atoms with Crippen LogP contribution in [-0.2, 0) is 6.54 Å². The van der Waals surface area contributed by atoms with Gasteiger partial charge in [0.15, 0.2) is 0 Å². The Hall–Kier alpha value is -2.04. The van der Waals surface area contributed by atoms with E-state index in [4.69, 9.17) is 0 Å². The molecule has 0 radical (unpaired) electrons. The predicted molar refractivity (Wildman–Crippen MR) is 70.0 cm³/mol. The van der Waals surface area contributed by atoms with Crippen molar-refractivity contribution in [3.8, 4) is 5.75 Å².